The Morgan fingerprint density at radius 1 is 1.12 bits per heavy atom. The second kappa shape index (κ2) is 5.81. The number of pyridine rings is 2. The van der Waals surface area contributed by atoms with Crippen LogP contribution in [-0.4, -0.2) is 16.0 Å². The minimum Gasteiger partial charge on any atom is -0.321 e. The molecular formula is C21H21N3O. The number of nitrogens with zero attached hydrogens (tertiary/aromatic N) is 1. The van der Waals surface area contributed by atoms with Crippen LogP contribution in [0.3, 0.4) is 0 Å². The molecule has 0 atom stereocenters. The number of nitrogens with one attached hydrogen (secondary N) is 2. The van der Waals surface area contributed by atoms with Crippen molar-refractivity contribution in [1.29, 1.82) is 0 Å². The molecule has 0 unspecified atom stereocenters. The Morgan fingerprint density at radius 2 is 2.00 bits per heavy atom. The van der Waals surface area contributed by atoms with E-state index in [2.05, 4.69) is 33.5 Å². The van der Waals surface area contributed by atoms with E-state index >= 15 is 0 Å². The Labute approximate surface area is 146 Å². The highest BCUT2D eigenvalue weighted by Gasteiger charge is 2.25. The van der Waals surface area contributed by atoms with Crippen LogP contribution in [0.2, 0.25) is 0 Å². The summed E-state index contributed by atoms with van der Waals surface area (Å²) in [5, 5.41) is 4.40. The quantitative estimate of drug-likeness (QED) is 0.604. The summed E-state index contributed by atoms with van der Waals surface area (Å²) in [7, 11) is 0. The molecule has 2 heterocycles. The van der Waals surface area contributed by atoms with Crippen LogP contribution in [-0.2, 0) is 13.0 Å². The van der Waals surface area contributed by atoms with Gasteiger partial charge in [0, 0.05) is 36.3 Å². The highest BCUT2D eigenvalue weighted by atomic mass is 16.1. The molecule has 1 aromatic carbocycles. The summed E-state index contributed by atoms with van der Waals surface area (Å²) in [6, 6.07) is 10.8. The fourth-order valence-corrected chi connectivity index (χ4v) is 4.41. The van der Waals surface area contributed by atoms with E-state index in [1.54, 1.807) is 6.20 Å². The van der Waals surface area contributed by atoms with E-state index in [0.717, 1.165) is 35.3 Å². The van der Waals surface area contributed by atoms with Crippen molar-refractivity contribution in [3.63, 3.8) is 0 Å². The molecule has 126 valence electrons. The summed E-state index contributed by atoms with van der Waals surface area (Å²) in [5.74, 6) is 0. The number of aromatic nitrogens is 2. The Kier molecular flexibility index (Phi) is 3.45. The predicted octanol–water partition coefficient (Wildman–Crippen LogP) is 3.53. The minimum absolute atomic E-state index is 0.0517. The first-order chi connectivity index (χ1) is 12.3. The van der Waals surface area contributed by atoms with Crippen LogP contribution in [0, 0.1) is 0 Å². The molecule has 0 radical (unpaired) electrons. The number of hydrogen-bond acceptors (Lipinski definition) is 3. The van der Waals surface area contributed by atoms with Gasteiger partial charge in [-0.25, -0.2) is 0 Å². The molecule has 3 aromatic rings. The topological polar surface area (TPSA) is 57.8 Å². The maximum Gasteiger partial charge on any atom is 0.257 e. The third kappa shape index (κ3) is 2.40. The zero-order chi connectivity index (χ0) is 16.8. The van der Waals surface area contributed by atoms with Crippen molar-refractivity contribution in [2.75, 3.05) is 0 Å². The number of fused-ring (bicyclic) bond motifs is 5. The average molecular weight is 331 g/mol. The largest absolute Gasteiger partial charge is 0.321 e. The number of aromatic amines is 1. The molecule has 4 heteroatoms. The number of hydrogen-bond donors (Lipinski definition) is 2. The average Bonchev–Trinajstić information content (AvgIpc) is 3.28. The number of H-pyrrole nitrogens is 1. The monoisotopic (exact) mass is 331 g/mol. The molecule has 0 amide bonds. The molecule has 2 N–H and O–H groups in total. The van der Waals surface area contributed by atoms with Crippen molar-refractivity contribution in [2.24, 2.45) is 0 Å². The van der Waals surface area contributed by atoms with Crippen LogP contribution < -0.4 is 10.9 Å². The third-order valence-corrected chi connectivity index (χ3v) is 5.71. The summed E-state index contributed by atoms with van der Waals surface area (Å²) < 4.78 is 0. The Hall–Kier alpha value is -2.46. The molecule has 1 saturated carbocycles. The van der Waals surface area contributed by atoms with E-state index in [4.69, 9.17) is 0 Å². The van der Waals surface area contributed by atoms with Crippen molar-refractivity contribution < 1.29 is 0 Å². The molecule has 2 aliphatic carbocycles. The lowest BCUT2D eigenvalue weighted by atomic mass is 10.0. The minimum atomic E-state index is -0.0517. The van der Waals surface area contributed by atoms with Crippen molar-refractivity contribution in [1.82, 2.24) is 15.3 Å². The second-order valence-corrected chi connectivity index (χ2v) is 7.19. The van der Waals surface area contributed by atoms with E-state index < -0.39 is 0 Å². The molecule has 0 spiro atoms. The van der Waals surface area contributed by atoms with Gasteiger partial charge in [0.15, 0.2) is 0 Å². The molecule has 0 saturated heterocycles. The molecule has 4 nitrogen and oxygen atoms in total. The lowest BCUT2D eigenvalue weighted by Crippen LogP contribution is -2.25. The van der Waals surface area contributed by atoms with Gasteiger partial charge in [0.2, 0.25) is 0 Å². The molecule has 5 rings (SSSR count). The maximum absolute atomic E-state index is 12.4. The summed E-state index contributed by atoms with van der Waals surface area (Å²) in [6.07, 6.45) is 7.88. The second-order valence-electron chi connectivity index (χ2n) is 7.19. The van der Waals surface area contributed by atoms with Gasteiger partial charge in [-0.05, 0) is 36.1 Å². The van der Waals surface area contributed by atoms with Crippen LogP contribution >= 0.6 is 0 Å². The van der Waals surface area contributed by atoms with Gasteiger partial charge >= 0.3 is 0 Å². The Morgan fingerprint density at radius 3 is 2.88 bits per heavy atom. The molecule has 0 bridgehead atoms. The standard InChI is InChI=1S/C21H21N3O/c25-21-16-9-4-10-22-19(16)18-11-17-13(12-23-14-6-1-2-7-14)5-3-8-15(17)20(18)24-21/h3-5,8-10,14,23H,1-2,6-7,11-12H2,(H,24,25). The van der Waals surface area contributed by atoms with Crippen molar-refractivity contribution in [2.45, 2.75) is 44.7 Å². The summed E-state index contributed by atoms with van der Waals surface area (Å²) in [4.78, 5) is 20.0. The first-order valence-electron chi connectivity index (χ1n) is 9.15. The van der Waals surface area contributed by atoms with Gasteiger partial charge in [-0.2, -0.15) is 0 Å². The van der Waals surface area contributed by atoms with Crippen LogP contribution in [0.15, 0.2) is 41.3 Å². The van der Waals surface area contributed by atoms with E-state index in [-0.39, 0.29) is 5.56 Å². The van der Waals surface area contributed by atoms with Gasteiger partial charge in [-0.1, -0.05) is 31.0 Å². The fourth-order valence-electron chi connectivity index (χ4n) is 4.41. The summed E-state index contributed by atoms with van der Waals surface area (Å²) >= 11 is 0. The van der Waals surface area contributed by atoms with E-state index in [1.165, 1.54) is 36.8 Å². The van der Waals surface area contributed by atoms with Gasteiger partial charge in [0.1, 0.15) is 0 Å². The van der Waals surface area contributed by atoms with Crippen molar-refractivity contribution in [3.05, 3.63) is 63.6 Å². The van der Waals surface area contributed by atoms with Crippen molar-refractivity contribution >= 4 is 10.9 Å². The van der Waals surface area contributed by atoms with Gasteiger partial charge < -0.3 is 10.3 Å². The number of rotatable bonds is 3. The Balaban J connectivity index is 1.56. The lowest BCUT2D eigenvalue weighted by molar-refractivity contribution is 0.523. The van der Waals surface area contributed by atoms with Gasteiger partial charge in [-0.15, -0.1) is 0 Å². The summed E-state index contributed by atoms with van der Waals surface area (Å²) in [6.45, 7) is 0.900. The maximum atomic E-state index is 12.4. The highest BCUT2D eigenvalue weighted by Crippen LogP contribution is 2.38. The van der Waals surface area contributed by atoms with Crippen LogP contribution in [0.4, 0.5) is 0 Å². The van der Waals surface area contributed by atoms with Crippen LogP contribution in [0.5, 0.6) is 0 Å². The smallest absolute Gasteiger partial charge is 0.257 e. The molecule has 25 heavy (non-hydrogen) atoms. The van der Waals surface area contributed by atoms with E-state index in [9.17, 15) is 4.79 Å². The molecular weight excluding hydrogens is 310 g/mol. The van der Waals surface area contributed by atoms with Crippen molar-refractivity contribution in [3.8, 4) is 11.3 Å². The van der Waals surface area contributed by atoms with Gasteiger partial charge in [0.25, 0.3) is 5.56 Å². The molecule has 1 fully saturated rings. The lowest BCUT2D eigenvalue weighted by Gasteiger charge is -2.14. The van der Waals surface area contributed by atoms with Gasteiger partial charge in [-0.3, -0.25) is 9.78 Å². The first kappa shape index (κ1) is 14.8. The van der Waals surface area contributed by atoms with E-state index in [0.29, 0.717) is 11.4 Å². The first-order valence-corrected chi connectivity index (χ1v) is 9.15. The number of benzene rings is 1. The Bertz CT molecular complexity index is 1020. The molecule has 2 aromatic heterocycles. The van der Waals surface area contributed by atoms with Crippen LogP contribution in [0.25, 0.3) is 22.2 Å². The zero-order valence-electron chi connectivity index (χ0n) is 14.1. The van der Waals surface area contributed by atoms with E-state index in [1.807, 2.05) is 12.1 Å². The van der Waals surface area contributed by atoms with Gasteiger partial charge in [0.05, 0.1) is 16.6 Å². The normalized spacial score (nSPS) is 16.3. The SMILES string of the molecule is O=c1[nH]c2c(c3ncccc13)Cc1c(CNC3CCCC3)cccc1-2. The molecule has 0 aliphatic heterocycles. The predicted molar refractivity (Wildman–Crippen MR) is 99.7 cm³/mol. The molecule has 2 aliphatic rings. The zero-order valence-corrected chi connectivity index (χ0v) is 14.1. The highest BCUT2D eigenvalue weighted by molar-refractivity contribution is 5.90. The van der Waals surface area contributed by atoms with Crippen LogP contribution in [0.1, 0.15) is 42.4 Å². The fraction of sp³-hybridized carbons (Fsp3) is 0.333. The third-order valence-electron chi connectivity index (χ3n) is 5.71. The summed E-state index contributed by atoms with van der Waals surface area (Å²) in [5.41, 5.74) is 6.72.